The molecule has 1 saturated heterocycles. The summed E-state index contributed by atoms with van der Waals surface area (Å²) in [5, 5.41) is 10.9. The second-order valence-electron chi connectivity index (χ2n) is 6.08. The van der Waals surface area contributed by atoms with Crippen molar-refractivity contribution in [2.45, 2.75) is 56.7 Å². The van der Waals surface area contributed by atoms with Gasteiger partial charge in [-0.2, -0.15) is 0 Å². The molecule has 0 spiro atoms. The highest BCUT2D eigenvalue weighted by molar-refractivity contribution is 5.42. The van der Waals surface area contributed by atoms with Crippen LogP contribution in [0.25, 0.3) is 0 Å². The molecule has 20 heavy (non-hydrogen) atoms. The van der Waals surface area contributed by atoms with Crippen LogP contribution in [0.5, 0.6) is 5.75 Å². The molecule has 1 heterocycles. The van der Waals surface area contributed by atoms with Crippen LogP contribution in [0.1, 0.15) is 49.7 Å². The molecule has 1 aromatic rings. The maximum atomic E-state index is 10.9. The molecule has 2 atom stereocenters. The minimum atomic E-state index is -0.664. The van der Waals surface area contributed by atoms with Gasteiger partial charge in [-0.3, -0.25) is 0 Å². The molecular formula is C17H24O3. The van der Waals surface area contributed by atoms with Gasteiger partial charge in [0.25, 0.3) is 0 Å². The molecule has 110 valence electrons. The Kier molecular flexibility index (Phi) is 3.99. The number of methoxy groups -OCH3 is 1. The zero-order valence-corrected chi connectivity index (χ0v) is 12.2. The molecule has 1 fully saturated rings. The van der Waals surface area contributed by atoms with Gasteiger partial charge < -0.3 is 14.6 Å². The molecule has 3 heteroatoms. The Morgan fingerprint density at radius 2 is 2.35 bits per heavy atom. The standard InChI is InChI=1S/C17H24O3/c1-19-15-7-6-13-8-10-17(18,16(13)12-15)9-2-4-14-5-3-11-20-14/h6-7,12,14,18H,2-5,8-11H2,1H3. The van der Waals surface area contributed by atoms with Crippen LogP contribution in [0, 0.1) is 0 Å². The van der Waals surface area contributed by atoms with Gasteiger partial charge in [0.05, 0.1) is 18.8 Å². The van der Waals surface area contributed by atoms with Gasteiger partial charge >= 0.3 is 0 Å². The van der Waals surface area contributed by atoms with Gasteiger partial charge in [0.2, 0.25) is 0 Å². The molecule has 0 amide bonds. The van der Waals surface area contributed by atoms with Crippen molar-refractivity contribution in [3.05, 3.63) is 29.3 Å². The summed E-state index contributed by atoms with van der Waals surface area (Å²) >= 11 is 0. The lowest BCUT2D eigenvalue weighted by atomic mass is 9.89. The van der Waals surface area contributed by atoms with Gasteiger partial charge in [0, 0.05) is 6.61 Å². The maximum absolute atomic E-state index is 10.9. The number of hydrogen-bond acceptors (Lipinski definition) is 3. The second kappa shape index (κ2) is 5.74. The first kappa shape index (κ1) is 13.9. The van der Waals surface area contributed by atoms with Crippen molar-refractivity contribution in [3.8, 4) is 5.75 Å². The maximum Gasteiger partial charge on any atom is 0.119 e. The van der Waals surface area contributed by atoms with Gasteiger partial charge in [-0.1, -0.05) is 6.07 Å². The second-order valence-corrected chi connectivity index (χ2v) is 6.08. The number of aliphatic hydroxyl groups is 1. The molecule has 1 N–H and O–H groups in total. The van der Waals surface area contributed by atoms with Crippen LogP contribution in [0.15, 0.2) is 18.2 Å². The SMILES string of the molecule is COc1ccc2c(c1)C(O)(CCCC1CCCO1)CC2. The molecule has 3 rings (SSSR count). The Morgan fingerprint density at radius 1 is 1.45 bits per heavy atom. The Morgan fingerprint density at radius 3 is 3.10 bits per heavy atom. The molecule has 3 nitrogen and oxygen atoms in total. The summed E-state index contributed by atoms with van der Waals surface area (Å²) in [6.07, 6.45) is 7.52. The van der Waals surface area contributed by atoms with Crippen molar-refractivity contribution < 1.29 is 14.6 Å². The highest BCUT2D eigenvalue weighted by Crippen LogP contribution is 2.42. The van der Waals surface area contributed by atoms with E-state index in [-0.39, 0.29) is 0 Å². The minimum Gasteiger partial charge on any atom is -0.497 e. The first-order valence-electron chi connectivity index (χ1n) is 7.73. The third-order valence-corrected chi connectivity index (χ3v) is 4.77. The van der Waals surface area contributed by atoms with Crippen LogP contribution < -0.4 is 4.74 Å². The van der Waals surface area contributed by atoms with Crippen LogP contribution in [-0.4, -0.2) is 24.9 Å². The summed E-state index contributed by atoms with van der Waals surface area (Å²) in [6, 6.07) is 6.08. The zero-order valence-electron chi connectivity index (χ0n) is 12.2. The first-order valence-corrected chi connectivity index (χ1v) is 7.73. The van der Waals surface area contributed by atoms with Crippen molar-refractivity contribution in [1.82, 2.24) is 0 Å². The normalized spacial score (nSPS) is 28.6. The number of ether oxygens (including phenoxy) is 2. The topological polar surface area (TPSA) is 38.7 Å². The monoisotopic (exact) mass is 276 g/mol. The summed E-state index contributed by atoms with van der Waals surface area (Å²) in [6.45, 7) is 0.912. The van der Waals surface area contributed by atoms with Crippen molar-refractivity contribution in [3.63, 3.8) is 0 Å². The number of hydrogen-bond donors (Lipinski definition) is 1. The predicted octanol–water partition coefficient (Wildman–Crippen LogP) is 3.18. The van der Waals surface area contributed by atoms with Crippen LogP contribution in [0.2, 0.25) is 0 Å². The fourth-order valence-electron chi connectivity index (χ4n) is 3.56. The van der Waals surface area contributed by atoms with E-state index < -0.39 is 5.60 Å². The van der Waals surface area contributed by atoms with E-state index in [4.69, 9.17) is 9.47 Å². The van der Waals surface area contributed by atoms with Gasteiger partial charge in [-0.25, -0.2) is 0 Å². The van der Waals surface area contributed by atoms with Gasteiger partial charge in [-0.15, -0.1) is 0 Å². The molecular weight excluding hydrogens is 252 g/mol. The lowest BCUT2D eigenvalue weighted by molar-refractivity contribution is 0.0209. The summed E-state index contributed by atoms with van der Waals surface area (Å²) in [7, 11) is 1.67. The largest absolute Gasteiger partial charge is 0.497 e. The Bertz CT molecular complexity index is 465. The minimum absolute atomic E-state index is 0.421. The van der Waals surface area contributed by atoms with Crippen LogP contribution >= 0.6 is 0 Å². The average Bonchev–Trinajstić information content (AvgIpc) is 3.08. The third kappa shape index (κ3) is 2.70. The molecule has 2 unspecified atom stereocenters. The highest BCUT2D eigenvalue weighted by atomic mass is 16.5. The van der Waals surface area contributed by atoms with E-state index in [9.17, 15) is 5.11 Å². The van der Waals surface area contributed by atoms with E-state index in [1.54, 1.807) is 7.11 Å². The van der Waals surface area contributed by atoms with Gasteiger partial charge in [0.1, 0.15) is 5.75 Å². The van der Waals surface area contributed by atoms with Crippen molar-refractivity contribution in [2.75, 3.05) is 13.7 Å². The Balaban J connectivity index is 1.64. The molecule has 0 saturated carbocycles. The number of rotatable bonds is 5. The van der Waals surface area contributed by atoms with E-state index in [0.29, 0.717) is 6.10 Å². The molecule has 0 bridgehead atoms. The van der Waals surface area contributed by atoms with E-state index in [1.165, 1.54) is 18.4 Å². The van der Waals surface area contributed by atoms with E-state index in [0.717, 1.165) is 50.0 Å². The van der Waals surface area contributed by atoms with Crippen LogP contribution in [0.3, 0.4) is 0 Å². The van der Waals surface area contributed by atoms with Gasteiger partial charge in [-0.05, 0) is 68.2 Å². The fraction of sp³-hybridized carbons (Fsp3) is 0.647. The summed E-state index contributed by atoms with van der Waals surface area (Å²) in [5.74, 6) is 0.836. The molecule has 2 aliphatic rings. The average molecular weight is 276 g/mol. The lowest BCUT2D eigenvalue weighted by Crippen LogP contribution is -2.22. The first-order chi connectivity index (χ1) is 9.71. The van der Waals surface area contributed by atoms with Crippen molar-refractivity contribution >= 4 is 0 Å². The van der Waals surface area contributed by atoms with Crippen LogP contribution in [-0.2, 0) is 16.8 Å². The summed E-state index contributed by atoms with van der Waals surface area (Å²) in [5.41, 5.74) is 1.68. The van der Waals surface area contributed by atoms with Crippen molar-refractivity contribution in [1.29, 1.82) is 0 Å². The lowest BCUT2D eigenvalue weighted by Gasteiger charge is -2.25. The number of fused-ring (bicyclic) bond motifs is 1. The molecule has 0 aromatic heterocycles. The Hall–Kier alpha value is -1.06. The number of aryl methyl sites for hydroxylation is 1. The van der Waals surface area contributed by atoms with Crippen LogP contribution in [0.4, 0.5) is 0 Å². The quantitative estimate of drug-likeness (QED) is 0.897. The molecule has 1 aliphatic heterocycles. The molecule has 1 aromatic carbocycles. The van der Waals surface area contributed by atoms with E-state index >= 15 is 0 Å². The molecule has 1 aliphatic carbocycles. The van der Waals surface area contributed by atoms with Crippen molar-refractivity contribution in [2.24, 2.45) is 0 Å². The van der Waals surface area contributed by atoms with E-state index in [1.807, 2.05) is 12.1 Å². The summed E-state index contributed by atoms with van der Waals surface area (Å²) in [4.78, 5) is 0. The third-order valence-electron chi connectivity index (χ3n) is 4.77. The van der Waals surface area contributed by atoms with Gasteiger partial charge in [0.15, 0.2) is 0 Å². The number of benzene rings is 1. The zero-order chi connectivity index (χ0) is 14.0. The fourth-order valence-corrected chi connectivity index (χ4v) is 3.56. The predicted molar refractivity (Wildman–Crippen MR) is 78.0 cm³/mol. The Labute approximate surface area is 120 Å². The summed E-state index contributed by atoms with van der Waals surface area (Å²) < 4.78 is 10.9. The van der Waals surface area contributed by atoms with E-state index in [2.05, 4.69) is 6.07 Å². The molecule has 0 radical (unpaired) electrons. The highest BCUT2D eigenvalue weighted by Gasteiger charge is 2.36. The smallest absolute Gasteiger partial charge is 0.119 e.